The van der Waals surface area contributed by atoms with Crippen LogP contribution < -0.4 is 10.6 Å². The van der Waals surface area contributed by atoms with E-state index in [-0.39, 0.29) is 18.4 Å². The van der Waals surface area contributed by atoms with E-state index >= 15 is 0 Å². The second-order valence-corrected chi connectivity index (χ2v) is 5.32. The summed E-state index contributed by atoms with van der Waals surface area (Å²) in [5, 5.41) is 14.8. The maximum atomic E-state index is 11.8. The van der Waals surface area contributed by atoms with Gasteiger partial charge in [0, 0.05) is 13.0 Å². The molecule has 0 aromatic heterocycles. The Labute approximate surface area is 115 Å². The first-order chi connectivity index (χ1) is 9.13. The van der Waals surface area contributed by atoms with Crippen LogP contribution in [0.2, 0.25) is 0 Å². The summed E-state index contributed by atoms with van der Waals surface area (Å²) in [6.45, 7) is 3.69. The molecule has 5 heteroatoms. The van der Waals surface area contributed by atoms with Crippen LogP contribution >= 0.6 is 0 Å². The zero-order chi connectivity index (χ0) is 14.1. The van der Waals surface area contributed by atoms with Gasteiger partial charge < -0.3 is 15.7 Å². The van der Waals surface area contributed by atoms with Gasteiger partial charge >= 0.3 is 5.97 Å². The number of rotatable bonds is 9. The fourth-order valence-electron chi connectivity index (χ4n) is 2.60. The van der Waals surface area contributed by atoms with Gasteiger partial charge in [-0.05, 0) is 38.1 Å². The van der Waals surface area contributed by atoms with Crippen molar-refractivity contribution >= 4 is 11.9 Å². The van der Waals surface area contributed by atoms with Gasteiger partial charge in [-0.1, -0.05) is 19.8 Å². The van der Waals surface area contributed by atoms with E-state index < -0.39 is 5.97 Å². The Morgan fingerprint density at radius 2 is 2.16 bits per heavy atom. The molecule has 0 saturated carbocycles. The molecule has 0 aromatic carbocycles. The summed E-state index contributed by atoms with van der Waals surface area (Å²) in [4.78, 5) is 22.4. The van der Waals surface area contributed by atoms with Crippen LogP contribution in [0.3, 0.4) is 0 Å². The van der Waals surface area contributed by atoms with Crippen LogP contribution in [0.1, 0.15) is 51.9 Å². The zero-order valence-corrected chi connectivity index (χ0v) is 11.8. The number of amides is 1. The van der Waals surface area contributed by atoms with Gasteiger partial charge in [-0.15, -0.1) is 0 Å². The molecule has 2 unspecified atom stereocenters. The molecule has 0 aromatic rings. The predicted molar refractivity (Wildman–Crippen MR) is 73.9 cm³/mol. The molecule has 0 bridgehead atoms. The molecule has 1 rings (SSSR count). The van der Waals surface area contributed by atoms with Crippen LogP contribution in [-0.4, -0.2) is 36.1 Å². The van der Waals surface area contributed by atoms with Crippen molar-refractivity contribution in [2.75, 3.05) is 13.1 Å². The number of hydrogen-bond acceptors (Lipinski definition) is 3. The van der Waals surface area contributed by atoms with E-state index in [1.807, 2.05) is 0 Å². The number of carboxylic acids is 1. The van der Waals surface area contributed by atoms with Gasteiger partial charge in [0.05, 0.1) is 6.04 Å². The van der Waals surface area contributed by atoms with E-state index in [1.54, 1.807) is 0 Å². The zero-order valence-electron chi connectivity index (χ0n) is 11.8. The van der Waals surface area contributed by atoms with Crippen molar-refractivity contribution in [2.24, 2.45) is 5.92 Å². The molecule has 0 aliphatic carbocycles. The Kier molecular flexibility index (Phi) is 7.48. The highest BCUT2D eigenvalue weighted by Gasteiger charge is 2.21. The molecule has 1 aliphatic rings. The van der Waals surface area contributed by atoms with E-state index in [0.717, 1.165) is 38.6 Å². The van der Waals surface area contributed by atoms with Crippen LogP contribution in [-0.2, 0) is 9.59 Å². The predicted octanol–water partition coefficient (Wildman–Crippen LogP) is 1.53. The van der Waals surface area contributed by atoms with Crippen molar-refractivity contribution in [1.82, 2.24) is 10.6 Å². The second kappa shape index (κ2) is 8.91. The molecule has 1 heterocycles. The van der Waals surface area contributed by atoms with Gasteiger partial charge in [-0.3, -0.25) is 9.59 Å². The highest BCUT2D eigenvalue weighted by Crippen LogP contribution is 2.17. The number of nitrogens with one attached hydrogen (secondary N) is 2. The van der Waals surface area contributed by atoms with Crippen LogP contribution in [0.25, 0.3) is 0 Å². The van der Waals surface area contributed by atoms with E-state index in [4.69, 9.17) is 5.11 Å². The van der Waals surface area contributed by atoms with Gasteiger partial charge in [0.2, 0.25) is 5.91 Å². The van der Waals surface area contributed by atoms with E-state index in [9.17, 15) is 9.59 Å². The standard InChI is InChI=1S/C14H26N2O3/c1-2-4-11(6-7-13(17)18)8-10-16-14(19)12-5-3-9-15-12/h11-12,15H,2-10H2,1H3,(H,16,19)(H,17,18). The SMILES string of the molecule is CCCC(CCNC(=O)C1CCCN1)CCC(=O)O. The van der Waals surface area contributed by atoms with Crippen molar-refractivity contribution in [1.29, 1.82) is 0 Å². The lowest BCUT2D eigenvalue weighted by molar-refractivity contribution is -0.137. The largest absolute Gasteiger partial charge is 0.481 e. The highest BCUT2D eigenvalue weighted by molar-refractivity contribution is 5.81. The average molecular weight is 270 g/mol. The fraction of sp³-hybridized carbons (Fsp3) is 0.857. The van der Waals surface area contributed by atoms with Crippen molar-refractivity contribution in [3.8, 4) is 0 Å². The Balaban J connectivity index is 2.19. The summed E-state index contributed by atoms with van der Waals surface area (Å²) in [7, 11) is 0. The number of carbonyl (C=O) groups is 2. The van der Waals surface area contributed by atoms with E-state index in [2.05, 4.69) is 17.6 Å². The monoisotopic (exact) mass is 270 g/mol. The molecule has 1 aliphatic heterocycles. The molecule has 0 spiro atoms. The van der Waals surface area contributed by atoms with Crippen LogP contribution in [0.15, 0.2) is 0 Å². The molecular weight excluding hydrogens is 244 g/mol. The van der Waals surface area contributed by atoms with Crippen molar-refractivity contribution in [3.05, 3.63) is 0 Å². The quantitative estimate of drug-likeness (QED) is 0.593. The summed E-state index contributed by atoms with van der Waals surface area (Å²) in [6.07, 6.45) is 5.88. The highest BCUT2D eigenvalue weighted by atomic mass is 16.4. The van der Waals surface area contributed by atoms with Gasteiger partial charge in [0.1, 0.15) is 0 Å². The van der Waals surface area contributed by atoms with E-state index in [1.165, 1.54) is 0 Å². The summed E-state index contributed by atoms with van der Waals surface area (Å²) in [6, 6.07) is -0.0244. The Morgan fingerprint density at radius 3 is 2.74 bits per heavy atom. The third-order valence-corrected chi connectivity index (χ3v) is 3.69. The lowest BCUT2D eigenvalue weighted by Gasteiger charge is -2.16. The number of hydrogen-bond donors (Lipinski definition) is 3. The summed E-state index contributed by atoms with van der Waals surface area (Å²) in [5.74, 6) is -0.246. The molecule has 19 heavy (non-hydrogen) atoms. The number of carbonyl (C=O) groups excluding carboxylic acids is 1. The minimum atomic E-state index is -0.736. The molecule has 0 radical (unpaired) electrons. The first-order valence-electron chi connectivity index (χ1n) is 7.36. The minimum Gasteiger partial charge on any atom is -0.481 e. The maximum Gasteiger partial charge on any atom is 0.303 e. The molecule has 1 fully saturated rings. The van der Waals surface area contributed by atoms with Crippen LogP contribution in [0.4, 0.5) is 0 Å². The fourth-order valence-corrected chi connectivity index (χ4v) is 2.60. The van der Waals surface area contributed by atoms with Crippen LogP contribution in [0, 0.1) is 5.92 Å². The van der Waals surface area contributed by atoms with Gasteiger partial charge in [-0.25, -0.2) is 0 Å². The second-order valence-electron chi connectivity index (χ2n) is 5.32. The molecule has 110 valence electrons. The Bertz CT molecular complexity index is 288. The molecule has 2 atom stereocenters. The van der Waals surface area contributed by atoms with Crippen LogP contribution in [0.5, 0.6) is 0 Å². The molecule has 1 saturated heterocycles. The first-order valence-corrected chi connectivity index (χ1v) is 7.36. The molecular formula is C14H26N2O3. The Morgan fingerprint density at radius 1 is 1.37 bits per heavy atom. The van der Waals surface area contributed by atoms with Crippen molar-refractivity contribution < 1.29 is 14.7 Å². The lowest BCUT2D eigenvalue weighted by Crippen LogP contribution is -2.41. The molecule has 1 amide bonds. The first kappa shape index (κ1) is 16.0. The summed E-state index contributed by atoms with van der Waals surface area (Å²) < 4.78 is 0. The van der Waals surface area contributed by atoms with Gasteiger partial charge in [0.25, 0.3) is 0 Å². The molecule has 5 nitrogen and oxygen atoms in total. The maximum absolute atomic E-state index is 11.8. The van der Waals surface area contributed by atoms with Gasteiger partial charge in [-0.2, -0.15) is 0 Å². The average Bonchev–Trinajstić information content (AvgIpc) is 2.89. The number of aliphatic carboxylic acids is 1. The third-order valence-electron chi connectivity index (χ3n) is 3.69. The minimum absolute atomic E-state index is 0.0244. The summed E-state index contributed by atoms with van der Waals surface area (Å²) >= 11 is 0. The lowest BCUT2D eigenvalue weighted by atomic mass is 9.94. The topological polar surface area (TPSA) is 78.4 Å². The van der Waals surface area contributed by atoms with E-state index in [0.29, 0.717) is 18.9 Å². The van der Waals surface area contributed by atoms with Crippen molar-refractivity contribution in [2.45, 2.75) is 57.9 Å². The normalized spacial score (nSPS) is 20.2. The summed E-state index contributed by atoms with van der Waals surface area (Å²) in [5.41, 5.74) is 0. The third kappa shape index (κ3) is 6.57. The molecule has 3 N–H and O–H groups in total. The van der Waals surface area contributed by atoms with Gasteiger partial charge in [0.15, 0.2) is 0 Å². The van der Waals surface area contributed by atoms with Crippen molar-refractivity contribution in [3.63, 3.8) is 0 Å². The Hall–Kier alpha value is -1.10. The number of carboxylic acid groups (broad SMARTS) is 1. The smallest absolute Gasteiger partial charge is 0.303 e.